The summed E-state index contributed by atoms with van der Waals surface area (Å²) in [5.41, 5.74) is 0.662. The number of unbranched alkanes of at least 4 members (excludes halogenated alkanes) is 2. The van der Waals surface area contributed by atoms with Crippen LogP contribution in [-0.4, -0.2) is 27.6 Å². The van der Waals surface area contributed by atoms with E-state index in [-0.39, 0.29) is 11.5 Å². The number of pyridine rings is 1. The molecule has 7 nitrogen and oxygen atoms in total. The first-order valence-electron chi connectivity index (χ1n) is 9.11. The highest BCUT2D eigenvalue weighted by atomic mass is 32.1. The fraction of sp³-hybridized carbons (Fsp3) is 0.300. The zero-order valence-corrected chi connectivity index (χ0v) is 16.4. The average Bonchev–Trinajstić information content (AvgIpc) is 2.70. The molecule has 8 heteroatoms. The molecule has 0 aliphatic rings. The maximum atomic E-state index is 12.6. The van der Waals surface area contributed by atoms with E-state index in [1.807, 2.05) is 18.2 Å². The number of methoxy groups -OCH3 is 1. The van der Waals surface area contributed by atoms with E-state index in [1.54, 1.807) is 29.0 Å². The van der Waals surface area contributed by atoms with Crippen molar-refractivity contribution >= 4 is 34.8 Å². The summed E-state index contributed by atoms with van der Waals surface area (Å²) in [7, 11) is 1.53. The van der Waals surface area contributed by atoms with Gasteiger partial charge in [0.15, 0.2) is 16.3 Å². The van der Waals surface area contributed by atoms with Crippen molar-refractivity contribution in [1.82, 2.24) is 14.5 Å². The Bertz CT molecular complexity index is 1090. The highest BCUT2D eigenvalue weighted by Gasteiger charge is 2.08. The van der Waals surface area contributed by atoms with E-state index < -0.39 is 0 Å². The van der Waals surface area contributed by atoms with E-state index in [0.29, 0.717) is 41.1 Å². The Hall–Kier alpha value is -3.00. The number of fused-ring (bicyclic) bond motifs is 1. The van der Waals surface area contributed by atoms with Crippen LogP contribution in [0.2, 0.25) is 0 Å². The Labute approximate surface area is 167 Å². The third kappa shape index (κ3) is 4.64. The molecule has 1 amide bonds. The number of nitrogens with one attached hydrogen (secondary N) is 2. The number of H-pyrrole nitrogens is 1. The lowest BCUT2D eigenvalue weighted by molar-refractivity contribution is -0.116. The molecule has 146 valence electrons. The van der Waals surface area contributed by atoms with Crippen molar-refractivity contribution < 1.29 is 9.53 Å². The lowest BCUT2D eigenvalue weighted by Gasteiger charge is -2.09. The second-order valence-corrected chi connectivity index (χ2v) is 6.73. The van der Waals surface area contributed by atoms with E-state index in [0.717, 1.165) is 18.4 Å². The van der Waals surface area contributed by atoms with Gasteiger partial charge in [-0.25, -0.2) is 4.98 Å². The molecule has 0 radical (unpaired) electrons. The summed E-state index contributed by atoms with van der Waals surface area (Å²) in [5.74, 6) is 0.835. The molecule has 0 saturated carbocycles. The molecule has 0 spiro atoms. The van der Waals surface area contributed by atoms with Crippen LogP contribution in [0, 0.1) is 4.77 Å². The SMILES string of the molecule is COc1cccnc1NC(=O)CCCCCn1c(=S)[nH]c2ccccc2c1=O. The number of nitrogens with zero attached hydrogens (tertiary/aromatic N) is 2. The van der Waals surface area contributed by atoms with Gasteiger partial charge in [0.25, 0.3) is 5.56 Å². The standard InChI is InChI=1S/C20H22N4O3S/c1-27-16-10-7-12-21-18(16)23-17(25)11-3-2-6-13-24-19(26)14-8-4-5-9-15(14)22-20(24)28/h4-5,7-10,12H,2-3,6,11,13H2,1H3,(H,22,28)(H,21,23,25). The number of hydrogen-bond donors (Lipinski definition) is 2. The van der Waals surface area contributed by atoms with E-state index in [1.165, 1.54) is 7.11 Å². The first-order valence-corrected chi connectivity index (χ1v) is 9.51. The van der Waals surface area contributed by atoms with Gasteiger partial charge in [-0.05, 0) is 49.3 Å². The molecule has 2 aromatic heterocycles. The van der Waals surface area contributed by atoms with Crippen molar-refractivity contribution in [2.75, 3.05) is 12.4 Å². The number of amides is 1. The van der Waals surface area contributed by atoms with Crippen LogP contribution < -0.4 is 15.6 Å². The van der Waals surface area contributed by atoms with E-state index >= 15 is 0 Å². The van der Waals surface area contributed by atoms with Crippen LogP contribution in [0.5, 0.6) is 5.75 Å². The summed E-state index contributed by atoms with van der Waals surface area (Å²) in [4.78, 5) is 31.9. The largest absolute Gasteiger partial charge is 0.493 e. The summed E-state index contributed by atoms with van der Waals surface area (Å²) in [6, 6.07) is 10.8. The van der Waals surface area contributed by atoms with E-state index in [9.17, 15) is 9.59 Å². The first-order chi connectivity index (χ1) is 13.6. The van der Waals surface area contributed by atoms with E-state index in [4.69, 9.17) is 17.0 Å². The van der Waals surface area contributed by atoms with Crippen molar-refractivity contribution in [3.05, 3.63) is 57.7 Å². The normalized spacial score (nSPS) is 10.8. The number of carbonyl (C=O) groups excluding carboxylic acids is 1. The number of para-hydroxylation sites is 1. The third-order valence-corrected chi connectivity index (χ3v) is 4.75. The number of rotatable bonds is 8. The fourth-order valence-corrected chi connectivity index (χ4v) is 3.26. The van der Waals surface area contributed by atoms with Gasteiger partial charge in [0.05, 0.1) is 18.0 Å². The number of aromatic nitrogens is 3. The van der Waals surface area contributed by atoms with Crippen molar-refractivity contribution in [2.45, 2.75) is 32.2 Å². The number of aromatic amines is 1. The third-order valence-electron chi connectivity index (χ3n) is 4.42. The average molecular weight is 398 g/mol. The quantitative estimate of drug-likeness (QED) is 0.446. The minimum Gasteiger partial charge on any atom is -0.493 e. The summed E-state index contributed by atoms with van der Waals surface area (Å²) >= 11 is 5.31. The summed E-state index contributed by atoms with van der Waals surface area (Å²) < 4.78 is 7.17. The van der Waals surface area contributed by atoms with Crippen LogP contribution in [-0.2, 0) is 11.3 Å². The zero-order valence-electron chi connectivity index (χ0n) is 15.6. The van der Waals surface area contributed by atoms with E-state index in [2.05, 4.69) is 15.3 Å². The van der Waals surface area contributed by atoms with Gasteiger partial charge in [0, 0.05) is 19.2 Å². The highest BCUT2D eigenvalue weighted by Crippen LogP contribution is 2.20. The van der Waals surface area contributed by atoms with Gasteiger partial charge in [-0.2, -0.15) is 0 Å². The van der Waals surface area contributed by atoms with Gasteiger partial charge in [0.1, 0.15) is 0 Å². The predicted molar refractivity (Wildman–Crippen MR) is 111 cm³/mol. The number of ether oxygens (including phenoxy) is 1. The molecule has 0 aliphatic heterocycles. The number of benzene rings is 1. The van der Waals surface area contributed by atoms with Crippen LogP contribution >= 0.6 is 12.2 Å². The molecule has 2 N–H and O–H groups in total. The molecule has 28 heavy (non-hydrogen) atoms. The maximum Gasteiger partial charge on any atom is 0.262 e. The molecule has 1 aromatic carbocycles. The van der Waals surface area contributed by atoms with Crippen LogP contribution in [0.4, 0.5) is 5.82 Å². The van der Waals surface area contributed by atoms with Crippen molar-refractivity contribution in [3.63, 3.8) is 0 Å². The Balaban J connectivity index is 1.50. The minimum atomic E-state index is -0.114. The van der Waals surface area contributed by atoms with Crippen molar-refractivity contribution in [2.24, 2.45) is 0 Å². The topological polar surface area (TPSA) is 89.0 Å². The Morgan fingerprint density at radius 2 is 2.04 bits per heavy atom. The van der Waals surface area contributed by atoms with Gasteiger partial charge >= 0.3 is 0 Å². The van der Waals surface area contributed by atoms with Crippen LogP contribution in [0.15, 0.2) is 47.4 Å². The van der Waals surface area contributed by atoms with Gasteiger partial charge in [-0.15, -0.1) is 0 Å². The number of carbonyl (C=O) groups is 1. The first kappa shape index (κ1) is 19.8. The minimum absolute atomic E-state index is 0.0839. The highest BCUT2D eigenvalue weighted by molar-refractivity contribution is 7.71. The van der Waals surface area contributed by atoms with Gasteiger partial charge in [-0.3, -0.25) is 14.2 Å². The zero-order chi connectivity index (χ0) is 19.9. The second-order valence-electron chi connectivity index (χ2n) is 6.35. The fourth-order valence-electron chi connectivity index (χ4n) is 2.98. The Morgan fingerprint density at radius 1 is 1.21 bits per heavy atom. The molecule has 3 aromatic rings. The predicted octanol–water partition coefficient (Wildman–Crippen LogP) is 3.66. The molecule has 0 bridgehead atoms. The summed E-state index contributed by atoms with van der Waals surface area (Å²) in [5, 5.41) is 3.38. The number of anilines is 1. The van der Waals surface area contributed by atoms with Crippen molar-refractivity contribution in [1.29, 1.82) is 0 Å². The maximum absolute atomic E-state index is 12.6. The van der Waals surface area contributed by atoms with Gasteiger partial charge < -0.3 is 15.0 Å². The van der Waals surface area contributed by atoms with Crippen molar-refractivity contribution in [3.8, 4) is 5.75 Å². The van der Waals surface area contributed by atoms with Crippen LogP contribution in [0.3, 0.4) is 0 Å². The molecule has 0 unspecified atom stereocenters. The lowest BCUT2D eigenvalue weighted by atomic mass is 10.2. The smallest absolute Gasteiger partial charge is 0.262 e. The molecule has 0 saturated heterocycles. The second kappa shape index (κ2) is 9.27. The Morgan fingerprint density at radius 3 is 2.86 bits per heavy atom. The Kier molecular flexibility index (Phi) is 6.54. The molecule has 0 aliphatic carbocycles. The number of hydrogen-bond acceptors (Lipinski definition) is 5. The monoisotopic (exact) mass is 398 g/mol. The molecule has 0 fully saturated rings. The summed E-state index contributed by atoms with van der Waals surface area (Å²) in [6.07, 6.45) is 4.25. The van der Waals surface area contributed by atoms with Gasteiger partial charge in [-0.1, -0.05) is 18.6 Å². The van der Waals surface area contributed by atoms with Crippen LogP contribution in [0.1, 0.15) is 25.7 Å². The molecule has 0 atom stereocenters. The summed E-state index contributed by atoms with van der Waals surface area (Å²) in [6.45, 7) is 0.523. The molecular weight excluding hydrogens is 376 g/mol. The van der Waals surface area contributed by atoms with Gasteiger partial charge in [0.2, 0.25) is 5.91 Å². The molecule has 2 heterocycles. The lowest BCUT2D eigenvalue weighted by Crippen LogP contribution is -2.22. The molecular formula is C20H22N4O3S. The molecule has 3 rings (SSSR count). The van der Waals surface area contributed by atoms with Crippen LogP contribution in [0.25, 0.3) is 10.9 Å².